The van der Waals surface area contributed by atoms with Crippen LogP contribution in [0.2, 0.25) is 0 Å². The molecule has 0 unspecified atom stereocenters. The summed E-state index contributed by atoms with van der Waals surface area (Å²) < 4.78 is 5.78. The molecular weight excluding hydrogens is 288 g/mol. The number of amides is 1. The molecule has 1 aliphatic rings. The van der Waals surface area contributed by atoms with E-state index in [4.69, 9.17) is 4.74 Å². The van der Waals surface area contributed by atoms with Crippen LogP contribution in [0.3, 0.4) is 0 Å². The van der Waals surface area contributed by atoms with E-state index in [2.05, 4.69) is 17.1 Å². The normalized spacial score (nSPS) is 14.4. The molecule has 120 valence electrons. The zero-order chi connectivity index (χ0) is 16.1. The molecule has 1 aromatic carbocycles. The van der Waals surface area contributed by atoms with Gasteiger partial charge in [-0.25, -0.2) is 4.98 Å². The van der Waals surface area contributed by atoms with Crippen LogP contribution in [0.15, 0.2) is 48.5 Å². The lowest BCUT2D eigenvalue weighted by Gasteiger charge is -2.38. The number of rotatable bonds is 6. The van der Waals surface area contributed by atoms with Crippen LogP contribution >= 0.6 is 0 Å². The predicted molar refractivity (Wildman–Crippen MR) is 89.4 cm³/mol. The average Bonchev–Trinajstić information content (AvgIpc) is 2.51. The third-order valence-corrected chi connectivity index (χ3v) is 4.05. The molecule has 4 nitrogen and oxygen atoms in total. The van der Waals surface area contributed by atoms with Crippen LogP contribution in [0, 0.1) is 6.92 Å². The third-order valence-electron chi connectivity index (χ3n) is 4.05. The van der Waals surface area contributed by atoms with Crippen molar-refractivity contribution >= 4 is 5.91 Å². The van der Waals surface area contributed by atoms with Gasteiger partial charge >= 0.3 is 0 Å². The number of likely N-dealkylation sites (tertiary alicyclic amines) is 1. The average molecular weight is 310 g/mol. The molecule has 2 heterocycles. The minimum absolute atomic E-state index is 0.0716. The van der Waals surface area contributed by atoms with E-state index in [9.17, 15) is 4.79 Å². The van der Waals surface area contributed by atoms with Gasteiger partial charge in [0.25, 0.3) is 0 Å². The highest BCUT2D eigenvalue weighted by Gasteiger charge is 2.31. The first-order chi connectivity index (χ1) is 11.2. The zero-order valence-corrected chi connectivity index (χ0v) is 13.4. The maximum Gasteiger partial charge on any atom is 0.222 e. The van der Waals surface area contributed by atoms with Gasteiger partial charge in [-0.1, -0.05) is 36.4 Å². The van der Waals surface area contributed by atoms with Gasteiger partial charge in [-0.2, -0.15) is 0 Å². The number of nitrogens with zero attached hydrogens (tertiary/aromatic N) is 2. The molecule has 1 fully saturated rings. The second-order valence-corrected chi connectivity index (χ2v) is 5.99. The Balaban J connectivity index is 1.36. The molecule has 2 aromatic rings. The van der Waals surface area contributed by atoms with Crippen LogP contribution in [0.5, 0.6) is 5.88 Å². The number of pyridine rings is 1. The molecule has 0 N–H and O–H groups in total. The maximum absolute atomic E-state index is 12.1. The van der Waals surface area contributed by atoms with Gasteiger partial charge < -0.3 is 9.64 Å². The van der Waals surface area contributed by atoms with Gasteiger partial charge in [0, 0.05) is 18.2 Å². The molecule has 1 aliphatic heterocycles. The predicted octanol–water partition coefficient (Wildman–Crippen LogP) is 3.00. The van der Waals surface area contributed by atoms with Crippen LogP contribution in [-0.2, 0) is 11.2 Å². The van der Waals surface area contributed by atoms with E-state index < -0.39 is 0 Å². The summed E-state index contributed by atoms with van der Waals surface area (Å²) in [7, 11) is 0. The second-order valence-electron chi connectivity index (χ2n) is 5.99. The number of hydrogen-bond donors (Lipinski definition) is 0. The van der Waals surface area contributed by atoms with E-state index in [1.165, 1.54) is 5.56 Å². The number of hydrogen-bond acceptors (Lipinski definition) is 3. The summed E-state index contributed by atoms with van der Waals surface area (Å²) in [5, 5.41) is 0. The molecule has 23 heavy (non-hydrogen) atoms. The summed E-state index contributed by atoms with van der Waals surface area (Å²) in [4.78, 5) is 18.3. The fourth-order valence-corrected chi connectivity index (χ4v) is 2.72. The van der Waals surface area contributed by atoms with E-state index in [1.54, 1.807) is 0 Å². The highest BCUT2D eigenvalue weighted by molar-refractivity contribution is 5.77. The minimum Gasteiger partial charge on any atom is -0.471 e. The van der Waals surface area contributed by atoms with Crippen LogP contribution < -0.4 is 4.74 Å². The van der Waals surface area contributed by atoms with Crippen molar-refractivity contribution < 1.29 is 9.53 Å². The van der Waals surface area contributed by atoms with Crippen molar-refractivity contribution in [3.63, 3.8) is 0 Å². The Kier molecular flexibility index (Phi) is 4.91. The molecule has 0 aliphatic carbocycles. The standard InChI is InChI=1S/C19H22N2O2/c1-15-7-5-11-18(20-15)23-17-13-21(14-17)19(22)12-6-10-16-8-3-2-4-9-16/h2-5,7-9,11,17H,6,10,12-14H2,1H3. The highest BCUT2D eigenvalue weighted by atomic mass is 16.5. The first-order valence-electron chi connectivity index (χ1n) is 8.13. The minimum atomic E-state index is 0.0716. The summed E-state index contributed by atoms with van der Waals surface area (Å²) in [6, 6.07) is 16.0. The van der Waals surface area contributed by atoms with Crippen molar-refractivity contribution in [2.24, 2.45) is 0 Å². The van der Waals surface area contributed by atoms with Crippen LogP contribution in [0.1, 0.15) is 24.1 Å². The monoisotopic (exact) mass is 310 g/mol. The summed E-state index contributed by atoms with van der Waals surface area (Å²) in [6.07, 6.45) is 2.52. The molecular formula is C19H22N2O2. The Bertz CT molecular complexity index is 651. The topological polar surface area (TPSA) is 42.4 Å². The number of carbonyl (C=O) groups excluding carboxylic acids is 1. The lowest BCUT2D eigenvalue weighted by Crippen LogP contribution is -2.56. The smallest absolute Gasteiger partial charge is 0.222 e. The Hall–Kier alpha value is -2.36. The third kappa shape index (κ3) is 4.31. The fraction of sp³-hybridized carbons (Fsp3) is 0.368. The number of benzene rings is 1. The highest BCUT2D eigenvalue weighted by Crippen LogP contribution is 2.18. The molecule has 3 rings (SSSR count). The quantitative estimate of drug-likeness (QED) is 0.823. The molecule has 1 aromatic heterocycles. The van der Waals surface area contributed by atoms with E-state index in [0.717, 1.165) is 18.5 Å². The maximum atomic E-state index is 12.1. The van der Waals surface area contributed by atoms with Crippen molar-refractivity contribution in [3.8, 4) is 5.88 Å². The van der Waals surface area contributed by atoms with E-state index in [-0.39, 0.29) is 12.0 Å². The molecule has 0 radical (unpaired) electrons. The molecule has 0 spiro atoms. The summed E-state index contributed by atoms with van der Waals surface area (Å²) in [5.74, 6) is 0.865. The van der Waals surface area contributed by atoms with Crippen molar-refractivity contribution in [3.05, 3.63) is 59.8 Å². The zero-order valence-electron chi connectivity index (χ0n) is 13.4. The van der Waals surface area contributed by atoms with Gasteiger partial charge in [-0.05, 0) is 31.4 Å². The first kappa shape index (κ1) is 15.5. The largest absolute Gasteiger partial charge is 0.471 e. The number of ether oxygens (including phenoxy) is 1. The molecule has 1 amide bonds. The summed E-state index contributed by atoms with van der Waals surface area (Å²) in [6.45, 7) is 3.27. The van der Waals surface area contributed by atoms with Crippen LogP contribution in [0.4, 0.5) is 0 Å². The fourth-order valence-electron chi connectivity index (χ4n) is 2.72. The van der Waals surface area contributed by atoms with Crippen LogP contribution in [-0.4, -0.2) is 35.0 Å². The molecule has 4 heteroatoms. The molecule has 0 bridgehead atoms. The number of aromatic nitrogens is 1. The molecule has 0 saturated carbocycles. The lowest BCUT2D eigenvalue weighted by atomic mass is 10.1. The summed E-state index contributed by atoms with van der Waals surface area (Å²) >= 11 is 0. The van der Waals surface area contributed by atoms with Gasteiger partial charge in [0.2, 0.25) is 11.8 Å². The van der Waals surface area contributed by atoms with E-state index in [0.29, 0.717) is 25.4 Å². The van der Waals surface area contributed by atoms with Crippen molar-refractivity contribution in [2.75, 3.05) is 13.1 Å². The number of aryl methyl sites for hydroxylation is 2. The summed E-state index contributed by atoms with van der Waals surface area (Å²) in [5.41, 5.74) is 2.23. The Morgan fingerprint density at radius 3 is 2.70 bits per heavy atom. The Morgan fingerprint density at radius 1 is 1.17 bits per heavy atom. The second kappa shape index (κ2) is 7.27. The SMILES string of the molecule is Cc1cccc(OC2CN(C(=O)CCCc3ccccc3)C2)n1. The Morgan fingerprint density at radius 2 is 1.96 bits per heavy atom. The van der Waals surface area contributed by atoms with Gasteiger partial charge in [-0.15, -0.1) is 0 Å². The van der Waals surface area contributed by atoms with Crippen molar-refractivity contribution in [1.29, 1.82) is 0 Å². The van der Waals surface area contributed by atoms with Gasteiger partial charge in [0.1, 0.15) is 6.10 Å². The van der Waals surface area contributed by atoms with E-state index in [1.807, 2.05) is 48.2 Å². The first-order valence-corrected chi connectivity index (χ1v) is 8.13. The van der Waals surface area contributed by atoms with Gasteiger partial charge in [-0.3, -0.25) is 4.79 Å². The van der Waals surface area contributed by atoms with Crippen molar-refractivity contribution in [2.45, 2.75) is 32.3 Å². The van der Waals surface area contributed by atoms with Gasteiger partial charge in [0.15, 0.2) is 0 Å². The van der Waals surface area contributed by atoms with Crippen molar-refractivity contribution in [1.82, 2.24) is 9.88 Å². The number of carbonyl (C=O) groups is 1. The Labute approximate surface area is 137 Å². The van der Waals surface area contributed by atoms with Gasteiger partial charge in [0.05, 0.1) is 13.1 Å². The van der Waals surface area contributed by atoms with Crippen LogP contribution in [0.25, 0.3) is 0 Å². The van der Waals surface area contributed by atoms with E-state index >= 15 is 0 Å². The molecule has 0 atom stereocenters. The lowest BCUT2D eigenvalue weighted by molar-refractivity contribution is -0.140. The molecule has 1 saturated heterocycles.